The molecule has 0 aliphatic carbocycles. The first kappa shape index (κ1) is 12.4. The van der Waals surface area contributed by atoms with Crippen molar-refractivity contribution in [2.45, 2.75) is 25.9 Å². The second kappa shape index (κ2) is 5.19. The molecule has 4 nitrogen and oxygen atoms in total. The minimum Gasteiger partial charge on any atom is -0.347 e. The number of hydrogen-bond acceptors (Lipinski definition) is 3. The lowest BCUT2D eigenvalue weighted by atomic mass is 10.2. The standard InChI is InChI=1S/C9H21N3O/c1-7(10)6-12(5)8(2)9(13)11(3)4/h7-8H,6,10H2,1-5H3. The third-order valence-electron chi connectivity index (χ3n) is 2.04. The van der Waals surface area contributed by atoms with Crippen LogP contribution in [-0.2, 0) is 4.79 Å². The van der Waals surface area contributed by atoms with Crippen LogP contribution in [0.4, 0.5) is 0 Å². The first-order chi connectivity index (χ1) is 5.86. The van der Waals surface area contributed by atoms with Crippen LogP contribution < -0.4 is 5.73 Å². The molecule has 4 heteroatoms. The lowest BCUT2D eigenvalue weighted by molar-refractivity contribution is -0.133. The van der Waals surface area contributed by atoms with Gasteiger partial charge in [0.2, 0.25) is 5.91 Å². The number of amides is 1. The van der Waals surface area contributed by atoms with Gasteiger partial charge in [0.1, 0.15) is 0 Å². The topological polar surface area (TPSA) is 49.6 Å². The summed E-state index contributed by atoms with van der Waals surface area (Å²) in [7, 11) is 5.44. The van der Waals surface area contributed by atoms with Crippen LogP contribution in [0.3, 0.4) is 0 Å². The highest BCUT2D eigenvalue weighted by Gasteiger charge is 2.19. The summed E-state index contributed by atoms with van der Waals surface area (Å²) in [4.78, 5) is 15.1. The number of nitrogens with two attached hydrogens (primary N) is 1. The Kier molecular flexibility index (Phi) is 4.95. The molecule has 2 unspecified atom stereocenters. The molecule has 0 aromatic rings. The Morgan fingerprint density at radius 3 is 2.08 bits per heavy atom. The summed E-state index contributed by atoms with van der Waals surface area (Å²) in [5, 5.41) is 0. The van der Waals surface area contributed by atoms with Crippen molar-refractivity contribution in [3.63, 3.8) is 0 Å². The Labute approximate surface area is 80.7 Å². The molecule has 0 bridgehead atoms. The van der Waals surface area contributed by atoms with Crippen molar-refractivity contribution in [1.29, 1.82) is 0 Å². The number of carbonyl (C=O) groups excluding carboxylic acids is 1. The van der Waals surface area contributed by atoms with E-state index in [1.165, 1.54) is 0 Å². The minimum atomic E-state index is -0.0963. The predicted octanol–water partition coefficient (Wildman–Crippen LogP) is -0.258. The third-order valence-corrected chi connectivity index (χ3v) is 2.04. The summed E-state index contributed by atoms with van der Waals surface area (Å²) in [6.45, 7) is 4.56. The van der Waals surface area contributed by atoms with E-state index in [0.29, 0.717) is 0 Å². The summed E-state index contributed by atoms with van der Waals surface area (Å²) in [5.41, 5.74) is 5.64. The maximum Gasteiger partial charge on any atom is 0.239 e. The van der Waals surface area contributed by atoms with Crippen molar-refractivity contribution >= 4 is 5.91 Å². The maximum atomic E-state index is 11.5. The van der Waals surface area contributed by atoms with Gasteiger partial charge in [0.05, 0.1) is 6.04 Å². The van der Waals surface area contributed by atoms with Gasteiger partial charge in [-0.05, 0) is 20.9 Å². The van der Waals surface area contributed by atoms with Crippen molar-refractivity contribution in [3.05, 3.63) is 0 Å². The smallest absolute Gasteiger partial charge is 0.239 e. The second-order valence-electron chi connectivity index (χ2n) is 3.83. The molecule has 0 rings (SSSR count). The van der Waals surface area contributed by atoms with Gasteiger partial charge in [-0.1, -0.05) is 0 Å². The molecule has 13 heavy (non-hydrogen) atoms. The van der Waals surface area contributed by atoms with Crippen LogP contribution >= 0.6 is 0 Å². The van der Waals surface area contributed by atoms with Crippen LogP contribution in [0.15, 0.2) is 0 Å². The summed E-state index contributed by atoms with van der Waals surface area (Å²) < 4.78 is 0. The van der Waals surface area contributed by atoms with E-state index in [-0.39, 0.29) is 18.0 Å². The Bertz CT molecular complexity index is 168. The molecular weight excluding hydrogens is 166 g/mol. The lowest BCUT2D eigenvalue weighted by Gasteiger charge is -2.27. The van der Waals surface area contributed by atoms with Gasteiger partial charge in [0, 0.05) is 26.7 Å². The minimum absolute atomic E-state index is 0.0963. The Morgan fingerprint density at radius 2 is 1.77 bits per heavy atom. The second-order valence-corrected chi connectivity index (χ2v) is 3.83. The number of likely N-dealkylation sites (N-methyl/N-ethyl adjacent to an activating group) is 2. The molecule has 0 fully saturated rings. The van der Waals surface area contributed by atoms with Crippen LogP contribution in [0.1, 0.15) is 13.8 Å². The number of nitrogens with zero attached hydrogens (tertiary/aromatic N) is 2. The van der Waals surface area contributed by atoms with Gasteiger partial charge in [-0.2, -0.15) is 0 Å². The monoisotopic (exact) mass is 187 g/mol. The molecule has 2 atom stereocenters. The number of carbonyl (C=O) groups is 1. The highest BCUT2D eigenvalue weighted by molar-refractivity contribution is 5.80. The van der Waals surface area contributed by atoms with Gasteiger partial charge in [-0.25, -0.2) is 0 Å². The Hall–Kier alpha value is -0.610. The van der Waals surface area contributed by atoms with E-state index in [1.807, 2.05) is 25.8 Å². The lowest BCUT2D eigenvalue weighted by Crippen LogP contribution is -2.46. The molecule has 0 aromatic carbocycles. The third kappa shape index (κ3) is 4.24. The van der Waals surface area contributed by atoms with E-state index < -0.39 is 0 Å². The average molecular weight is 187 g/mol. The normalized spacial score (nSPS) is 15.6. The van der Waals surface area contributed by atoms with Gasteiger partial charge in [-0.3, -0.25) is 9.69 Å². The highest BCUT2D eigenvalue weighted by atomic mass is 16.2. The molecule has 0 radical (unpaired) electrons. The van der Waals surface area contributed by atoms with Gasteiger partial charge in [0.25, 0.3) is 0 Å². The fourth-order valence-electron chi connectivity index (χ4n) is 1.17. The van der Waals surface area contributed by atoms with Crippen molar-refractivity contribution < 1.29 is 4.79 Å². The SMILES string of the molecule is CC(N)CN(C)C(C)C(=O)N(C)C. The molecule has 0 spiro atoms. The Morgan fingerprint density at radius 1 is 1.31 bits per heavy atom. The molecule has 0 saturated carbocycles. The van der Waals surface area contributed by atoms with Crippen LogP contribution in [0.25, 0.3) is 0 Å². The van der Waals surface area contributed by atoms with Gasteiger partial charge in [0.15, 0.2) is 0 Å². The van der Waals surface area contributed by atoms with Crippen molar-refractivity contribution in [2.24, 2.45) is 5.73 Å². The zero-order valence-corrected chi connectivity index (χ0v) is 9.24. The van der Waals surface area contributed by atoms with Crippen LogP contribution in [0, 0.1) is 0 Å². The molecule has 0 aliphatic heterocycles. The van der Waals surface area contributed by atoms with E-state index >= 15 is 0 Å². The summed E-state index contributed by atoms with van der Waals surface area (Å²) >= 11 is 0. The zero-order valence-electron chi connectivity index (χ0n) is 9.24. The van der Waals surface area contributed by atoms with Gasteiger partial charge < -0.3 is 10.6 Å². The fraction of sp³-hybridized carbons (Fsp3) is 0.889. The maximum absolute atomic E-state index is 11.5. The van der Waals surface area contributed by atoms with Crippen molar-refractivity contribution in [1.82, 2.24) is 9.80 Å². The van der Waals surface area contributed by atoms with Crippen molar-refractivity contribution in [3.8, 4) is 0 Å². The first-order valence-corrected chi connectivity index (χ1v) is 4.53. The number of rotatable bonds is 4. The molecular formula is C9H21N3O. The van der Waals surface area contributed by atoms with E-state index in [2.05, 4.69) is 0 Å². The van der Waals surface area contributed by atoms with Crippen LogP contribution in [-0.4, -0.2) is 55.5 Å². The molecule has 2 N–H and O–H groups in total. The Balaban J connectivity index is 4.09. The van der Waals surface area contributed by atoms with E-state index in [0.717, 1.165) is 6.54 Å². The summed E-state index contributed by atoms with van der Waals surface area (Å²) in [6, 6.07) is 0.00316. The molecule has 0 saturated heterocycles. The fourth-order valence-corrected chi connectivity index (χ4v) is 1.17. The molecule has 1 amide bonds. The van der Waals surface area contributed by atoms with E-state index in [1.54, 1.807) is 19.0 Å². The zero-order chi connectivity index (χ0) is 10.6. The average Bonchev–Trinajstić information content (AvgIpc) is 2.00. The predicted molar refractivity (Wildman–Crippen MR) is 54.4 cm³/mol. The summed E-state index contributed by atoms with van der Waals surface area (Å²) in [5.74, 6) is 0.114. The first-order valence-electron chi connectivity index (χ1n) is 4.53. The van der Waals surface area contributed by atoms with E-state index in [9.17, 15) is 4.79 Å². The largest absolute Gasteiger partial charge is 0.347 e. The number of hydrogen-bond donors (Lipinski definition) is 1. The molecule has 0 heterocycles. The van der Waals surface area contributed by atoms with Crippen LogP contribution in [0.2, 0.25) is 0 Å². The van der Waals surface area contributed by atoms with Crippen LogP contribution in [0.5, 0.6) is 0 Å². The van der Waals surface area contributed by atoms with Crippen molar-refractivity contribution in [2.75, 3.05) is 27.7 Å². The molecule has 0 aromatic heterocycles. The van der Waals surface area contributed by atoms with Gasteiger partial charge >= 0.3 is 0 Å². The summed E-state index contributed by atoms with van der Waals surface area (Å²) in [6.07, 6.45) is 0. The van der Waals surface area contributed by atoms with Gasteiger partial charge in [-0.15, -0.1) is 0 Å². The molecule has 0 aliphatic rings. The highest BCUT2D eigenvalue weighted by Crippen LogP contribution is 1.99. The van der Waals surface area contributed by atoms with E-state index in [4.69, 9.17) is 5.73 Å². The quantitative estimate of drug-likeness (QED) is 0.660. The molecule has 78 valence electrons.